The largest absolute Gasteiger partial charge is 0.240 e. The molecule has 0 fully saturated rings. The van der Waals surface area contributed by atoms with Crippen LogP contribution in [0.25, 0.3) is 43.9 Å². The van der Waals surface area contributed by atoms with Crippen LogP contribution in [0, 0.1) is 20.8 Å². The van der Waals surface area contributed by atoms with Crippen molar-refractivity contribution < 1.29 is 0 Å². The number of aromatic nitrogens is 2. The Labute approximate surface area is 189 Å². The summed E-state index contributed by atoms with van der Waals surface area (Å²) in [6.45, 7) is 11.1. The first kappa shape index (κ1) is 19.2. The van der Waals surface area contributed by atoms with E-state index in [9.17, 15) is 0 Å². The van der Waals surface area contributed by atoms with Gasteiger partial charge in [-0.1, -0.05) is 67.9 Å². The number of rotatable bonds is 1. The molecule has 0 saturated carbocycles. The molecule has 5 aromatic rings. The van der Waals surface area contributed by atoms with Crippen LogP contribution in [-0.4, -0.2) is 9.97 Å². The van der Waals surface area contributed by atoms with Crippen molar-refractivity contribution in [1.29, 1.82) is 0 Å². The fourth-order valence-electron chi connectivity index (χ4n) is 5.81. The van der Waals surface area contributed by atoms with E-state index in [1.165, 1.54) is 54.9 Å². The first-order chi connectivity index (χ1) is 15.4. The molecule has 0 spiro atoms. The van der Waals surface area contributed by atoms with Crippen LogP contribution in [0.2, 0.25) is 0 Å². The summed E-state index contributed by atoms with van der Waals surface area (Å²) in [6, 6.07) is 22.3. The maximum Gasteiger partial charge on any atom is 0.116 e. The number of nitrogens with zero attached hydrogens (tertiary/aromatic N) is 2. The Bertz CT molecular complexity index is 1570. The van der Waals surface area contributed by atoms with E-state index in [2.05, 4.69) is 95.3 Å². The van der Waals surface area contributed by atoms with Gasteiger partial charge in [0.05, 0.1) is 11.4 Å². The zero-order valence-electron chi connectivity index (χ0n) is 19.2. The minimum Gasteiger partial charge on any atom is -0.240 e. The second-order valence-corrected chi connectivity index (χ2v) is 9.75. The van der Waals surface area contributed by atoms with Crippen molar-refractivity contribution in [3.05, 3.63) is 94.9 Å². The molecule has 0 bridgehead atoms. The van der Waals surface area contributed by atoms with E-state index in [1.807, 2.05) is 0 Å². The molecule has 0 amide bonds. The molecule has 1 aliphatic rings. The van der Waals surface area contributed by atoms with E-state index in [0.717, 1.165) is 17.0 Å². The summed E-state index contributed by atoms with van der Waals surface area (Å²) in [4.78, 5) is 9.70. The SMILES string of the molecule is Cc1cc(C)c2c(C)cc(-c3ncnc4c3-c3c(ccc5ccccc35)C4(C)C)cc2c1. The summed E-state index contributed by atoms with van der Waals surface area (Å²) < 4.78 is 0. The predicted molar refractivity (Wildman–Crippen MR) is 134 cm³/mol. The summed E-state index contributed by atoms with van der Waals surface area (Å²) >= 11 is 0. The highest BCUT2D eigenvalue weighted by molar-refractivity contribution is 6.06. The molecular formula is C30H26N2. The molecule has 0 N–H and O–H groups in total. The lowest BCUT2D eigenvalue weighted by molar-refractivity contribution is 0.635. The van der Waals surface area contributed by atoms with Crippen LogP contribution < -0.4 is 0 Å². The highest BCUT2D eigenvalue weighted by Gasteiger charge is 2.39. The molecule has 0 unspecified atom stereocenters. The summed E-state index contributed by atoms with van der Waals surface area (Å²) in [5.74, 6) is 0. The second-order valence-electron chi connectivity index (χ2n) is 9.75. The Morgan fingerprint density at radius 1 is 0.719 bits per heavy atom. The van der Waals surface area contributed by atoms with E-state index < -0.39 is 0 Å². The van der Waals surface area contributed by atoms with Crippen molar-refractivity contribution >= 4 is 21.5 Å². The molecule has 0 radical (unpaired) electrons. The first-order valence-corrected chi connectivity index (χ1v) is 11.3. The average molecular weight is 415 g/mol. The van der Waals surface area contributed by atoms with Gasteiger partial charge >= 0.3 is 0 Å². The average Bonchev–Trinajstić information content (AvgIpc) is 3.00. The van der Waals surface area contributed by atoms with Crippen LogP contribution in [-0.2, 0) is 5.41 Å². The number of hydrogen-bond acceptors (Lipinski definition) is 2. The van der Waals surface area contributed by atoms with Gasteiger partial charge in [0.2, 0.25) is 0 Å². The van der Waals surface area contributed by atoms with Gasteiger partial charge in [0.15, 0.2) is 0 Å². The van der Waals surface area contributed by atoms with Gasteiger partial charge in [-0.25, -0.2) is 9.97 Å². The van der Waals surface area contributed by atoms with Crippen molar-refractivity contribution in [3.8, 4) is 22.4 Å². The van der Waals surface area contributed by atoms with E-state index in [0.29, 0.717) is 0 Å². The van der Waals surface area contributed by atoms with Crippen LogP contribution >= 0.6 is 0 Å². The standard InChI is InChI=1S/C30H26N2/c1-17-12-18(2)25-19(3)14-22(15-21(25)13-17)28-27-26-23-9-7-6-8-20(23)10-11-24(26)30(4,5)29(27)32-16-31-28/h6-16H,1-5H3. The van der Waals surface area contributed by atoms with E-state index in [-0.39, 0.29) is 5.41 Å². The normalized spacial score (nSPS) is 14.0. The lowest BCUT2D eigenvalue weighted by Crippen LogP contribution is -2.16. The van der Waals surface area contributed by atoms with E-state index in [1.54, 1.807) is 6.33 Å². The molecule has 4 aromatic carbocycles. The Hall–Kier alpha value is -3.52. The molecule has 1 heterocycles. The molecule has 0 atom stereocenters. The van der Waals surface area contributed by atoms with Crippen LogP contribution in [0.1, 0.15) is 41.8 Å². The van der Waals surface area contributed by atoms with Gasteiger partial charge in [-0.2, -0.15) is 0 Å². The van der Waals surface area contributed by atoms with Gasteiger partial charge in [-0.15, -0.1) is 0 Å². The first-order valence-electron chi connectivity index (χ1n) is 11.3. The van der Waals surface area contributed by atoms with Crippen molar-refractivity contribution in [2.75, 3.05) is 0 Å². The topological polar surface area (TPSA) is 25.8 Å². The van der Waals surface area contributed by atoms with E-state index in [4.69, 9.17) is 9.97 Å². The minimum absolute atomic E-state index is 0.161. The predicted octanol–water partition coefficient (Wildman–Crippen LogP) is 7.68. The molecule has 0 saturated heterocycles. The fraction of sp³-hybridized carbons (Fsp3) is 0.200. The molecule has 32 heavy (non-hydrogen) atoms. The fourth-order valence-corrected chi connectivity index (χ4v) is 5.81. The lowest BCUT2D eigenvalue weighted by Gasteiger charge is -2.20. The van der Waals surface area contributed by atoms with Crippen LogP contribution in [0.5, 0.6) is 0 Å². The molecule has 6 rings (SSSR count). The highest BCUT2D eigenvalue weighted by atomic mass is 14.9. The zero-order valence-corrected chi connectivity index (χ0v) is 19.2. The monoisotopic (exact) mass is 414 g/mol. The third-order valence-corrected chi connectivity index (χ3v) is 7.15. The molecule has 1 aromatic heterocycles. The Kier molecular flexibility index (Phi) is 3.89. The number of fused-ring (bicyclic) bond motifs is 6. The van der Waals surface area contributed by atoms with Crippen LogP contribution in [0.4, 0.5) is 0 Å². The van der Waals surface area contributed by atoms with Gasteiger partial charge in [0.1, 0.15) is 6.33 Å². The van der Waals surface area contributed by atoms with Gasteiger partial charge in [-0.05, 0) is 76.7 Å². The summed E-state index contributed by atoms with van der Waals surface area (Å²) in [5.41, 5.74) is 10.9. The number of aryl methyl sites for hydroxylation is 3. The molecule has 1 aliphatic carbocycles. The van der Waals surface area contributed by atoms with Crippen molar-refractivity contribution in [2.24, 2.45) is 0 Å². The lowest BCUT2D eigenvalue weighted by atomic mass is 9.84. The Balaban J connectivity index is 1.72. The molecule has 0 aliphatic heterocycles. The van der Waals surface area contributed by atoms with E-state index >= 15 is 0 Å². The minimum atomic E-state index is -0.161. The summed E-state index contributed by atoms with van der Waals surface area (Å²) in [6.07, 6.45) is 1.74. The molecule has 156 valence electrons. The quantitative estimate of drug-likeness (QED) is 0.281. The maximum absolute atomic E-state index is 4.87. The summed E-state index contributed by atoms with van der Waals surface area (Å²) in [5, 5.41) is 5.15. The van der Waals surface area contributed by atoms with Crippen molar-refractivity contribution in [2.45, 2.75) is 40.0 Å². The van der Waals surface area contributed by atoms with Gasteiger partial charge in [0, 0.05) is 16.5 Å². The highest BCUT2D eigenvalue weighted by Crippen LogP contribution is 2.53. The molecular weight excluding hydrogens is 388 g/mol. The van der Waals surface area contributed by atoms with Crippen molar-refractivity contribution in [3.63, 3.8) is 0 Å². The molecule has 2 heteroatoms. The second kappa shape index (κ2) is 6.49. The van der Waals surface area contributed by atoms with Crippen LogP contribution in [0.3, 0.4) is 0 Å². The number of benzene rings is 4. The third-order valence-electron chi connectivity index (χ3n) is 7.15. The third kappa shape index (κ3) is 2.53. The number of hydrogen-bond donors (Lipinski definition) is 0. The maximum atomic E-state index is 4.87. The Morgan fingerprint density at radius 3 is 2.34 bits per heavy atom. The zero-order chi connectivity index (χ0) is 22.2. The van der Waals surface area contributed by atoms with Crippen LogP contribution in [0.15, 0.2) is 67.0 Å². The Morgan fingerprint density at radius 2 is 1.50 bits per heavy atom. The van der Waals surface area contributed by atoms with Gasteiger partial charge in [-0.3, -0.25) is 0 Å². The summed E-state index contributed by atoms with van der Waals surface area (Å²) in [7, 11) is 0. The van der Waals surface area contributed by atoms with Crippen molar-refractivity contribution in [1.82, 2.24) is 9.97 Å². The van der Waals surface area contributed by atoms with Gasteiger partial charge in [0.25, 0.3) is 0 Å². The van der Waals surface area contributed by atoms with Gasteiger partial charge < -0.3 is 0 Å². The smallest absolute Gasteiger partial charge is 0.116 e. The molecule has 2 nitrogen and oxygen atoms in total.